The number of rotatable bonds is 7. The van der Waals surface area contributed by atoms with E-state index in [4.69, 9.17) is 11.6 Å². The van der Waals surface area contributed by atoms with Crippen molar-refractivity contribution in [1.82, 2.24) is 5.32 Å². The van der Waals surface area contributed by atoms with Gasteiger partial charge in [0.25, 0.3) is 5.91 Å². The molecule has 0 aromatic heterocycles. The van der Waals surface area contributed by atoms with Crippen molar-refractivity contribution in [3.8, 4) is 0 Å². The molecule has 0 aliphatic rings. The van der Waals surface area contributed by atoms with Gasteiger partial charge in [0.05, 0.1) is 6.04 Å². The first-order valence-corrected chi connectivity index (χ1v) is 9.99. The van der Waals surface area contributed by atoms with Crippen LogP contribution in [0.5, 0.6) is 0 Å². The third-order valence-corrected chi connectivity index (χ3v) is 5.37. The first kappa shape index (κ1) is 18.6. The summed E-state index contributed by atoms with van der Waals surface area (Å²) in [5, 5.41) is 3.91. The van der Waals surface area contributed by atoms with E-state index < -0.39 is 0 Å². The van der Waals surface area contributed by atoms with Crippen LogP contribution in [0.15, 0.2) is 84.9 Å². The van der Waals surface area contributed by atoms with Crippen molar-refractivity contribution in [2.75, 3.05) is 5.75 Å². The summed E-state index contributed by atoms with van der Waals surface area (Å²) in [5.41, 5.74) is 3.01. The second-order valence-electron chi connectivity index (χ2n) is 5.94. The van der Waals surface area contributed by atoms with Crippen LogP contribution in [0.2, 0.25) is 5.02 Å². The Morgan fingerprint density at radius 3 is 2.15 bits per heavy atom. The second-order valence-corrected chi connectivity index (χ2v) is 7.41. The number of halogens is 1. The minimum Gasteiger partial charge on any atom is -0.344 e. The molecule has 0 fully saturated rings. The van der Waals surface area contributed by atoms with Crippen LogP contribution in [0.4, 0.5) is 0 Å². The Morgan fingerprint density at radius 2 is 1.50 bits per heavy atom. The molecule has 3 aromatic carbocycles. The van der Waals surface area contributed by atoms with Gasteiger partial charge in [0.15, 0.2) is 0 Å². The molecule has 0 heterocycles. The molecule has 1 amide bonds. The van der Waals surface area contributed by atoms with Gasteiger partial charge < -0.3 is 5.32 Å². The summed E-state index contributed by atoms with van der Waals surface area (Å²) in [6, 6.07) is 27.3. The highest BCUT2D eigenvalue weighted by atomic mass is 35.5. The normalized spacial score (nSPS) is 11.7. The Hall–Kier alpha value is -2.23. The topological polar surface area (TPSA) is 29.1 Å². The van der Waals surface area contributed by atoms with E-state index in [9.17, 15) is 4.79 Å². The van der Waals surface area contributed by atoms with Gasteiger partial charge in [-0.1, -0.05) is 72.3 Å². The monoisotopic (exact) mass is 381 g/mol. The van der Waals surface area contributed by atoms with E-state index in [1.165, 1.54) is 5.56 Å². The lowest BCUT2D eigenvalue weighted by atomic mass is 10.1. The number of amides is 1. The van der Waals surface area contributed by atoms with Crippen LogP contribution < -0.4 is 5.32 Å². The average Bonchev–Trinajstić information content (AvgIpc) is 2.70. The minimum absolute atomic E-state index is 0.0405. The Morgan fingerprint density at radius 1 is 0.885 bits per heavy atom. The number of carbonyl (C=O) groups is 1. The quantitative estimate of drug-likeness (QED) is 0.565. The number of hydrogen-bond acceptors (Lipinski definition) is 2. The van der Waals surface area contributed by atoms with Gasteiger partial charge in [0.1, 0.15) is 0 Å². The SMILES string of the molecule is O=C(NC(CSCc1ccc(Cl)cc1)c1ccccc1)c1ccccc1. The molecular formula is C22H20ClNOS. The Kier molecular flexibility index (Phi) is 6.75. The van der Waals surface area contributed by atoms with Crippen LogP contribution in [-0.4, -0.2) is 11.7 Å². The molecule has 0 radical (unpaired) electrons. The molecule has 1 atom stereocenters. The molecule has 0 saturated heterocycles. The molecule has 4 heteroatoms. The van der Waals surface area contributed by atoms with Gasteiger partial charge in [0.2, 0.25) is 0 Å². The fraction of sp³-hybridized carbons (Fsp3) is 0.136. The molecular weight excluding hydrogens is 362 g/mol. The molecule has 1 unspecified atom stereocenters. The van der Waals surface area contributed by atoms with Crippen molar-refractivity contribution in [3.63, 3.8) is 0 Å². The first-order chi connectivity index (χ1) is 12.7. The van der Waals surface area contributed by atoms with Crippen molar-refractivity contribution in [2.24, 2.45) is 0 Å². The summed E-state index contributed by atoms with van der Waals surface area (Å²) in [4.78, 5) is 12.6. The molecule has 0 saturated carbocycles. The van der Waals surface area contributed by atoms with Gasteiger partial charge in [-0.25, -0.2) is 0 Å². The maximum Gasteiger partial charge on any atom is 0.251 e. The van der Waals surface area contributed by atoms with E-state index in [2.05, 4.69) is 17.4 Å². The molecule has 0 aliphatic heterocycles. The fourth-order valence-corrected chi connectivity index (χ4v) is 3.80. The molecule has 3 aromatic rings. The molecule has 2 nitrogen and oxygen atoms in total. The summed E-state index contributed by atoms with van der Waals surface area (Å²) < 4.78 is 0. The lowest BCUT2D eigenvalue weighted by molar-refractivity contribution is 0.0940. The summed E-state index contributed by atoms with van der Waals surface area (Å²) in [6.45, 7) is 0. The van der Waals surface area contributed by atoms with Crippen molar-refractivity contribution in [2.45, 2.75) is 11.8 Å². The van der Waals surface area contributed by atoms with Gasteiger partial charge in [-0.15, -0.1) is 0 Å². The smallest absolute Gasteiger partial charge is 0.251 e. The Labute approximate surface area is 163 Å². The molecule has 26 heavy (non-hydrogen) atoms. The number of thioether (sulfide) groups is 1. The van der Waals surface area contributed by atoms with E-state index in [-0.39, 0.29) is 11.9 Å². The number of nitrogens with one attached hydrogen (secondary N) is 1. The highest BCUT2D eigenvalue weighted by molar-refractivity contribution is 7.98. The third-order valence-electron chi connectivity index (χ3n) is 4.01. The Bertz CT molecular complexity index is 822. The van der Waals surface area contributed by atoms with Gasteiger partial charge in [-0.2, -0.15) is 11.8 Å². The van der Waals surface area contributed by atoms with E-state index >= 15 is 0 Å². The van der Waals surface area contributed by atoms with Crippen molar-refractivity contribution < 1.29 is 4.79 Å². The maximum atomic E-state index is 12.6. The zero-order valence-corrected chi connectivity index (χ0v) is 15.8. The molecule has 132 valence electrons. The zero-order chi connectivity index (χ0) is 18.2. The van der Waals surface area contributed by atoms with Crippen LogP contribution >= 0.6 is 23.4 Å². The number of carbonyl (C=O) groups excluding carboxylic acids is 1. The summed E-state index contributed by atoms with van der Waals surface area (Å²) in [6.07, 6.45) is 0. The summed E-state index contributed by atoms with van der Waals surface area (Å²) in [7, 11) is 0. The number of benzene rings is 3. The fourth-order valence-electron chi connectivity index (χ4n) is 2.61. The molecule has 1 N–H and O–H groups in total. The zero-order valence-electron chi connectivity index (χ0n) is 14.3. The van der Waals surface area contributed by atoms with Gasteiger partial charge in [0, 0.05) is 22.1 Å². The standard InChI is InChI=1S/C22H20ClNOS/c23-20-13-11-17(12-14-20)15-26-16-21(18-7-3-1-4-8-18)24-22(25)19-9-5-2-6-10-19/h1-14,21H,15-16H2,(H,24,25). The van der Waals surface area contributed by atoms with Crippen LogP contribution in [0.3, 0.4) is 0 Å². The van der Waals surface area contributed by atoms with E-state index in [1.807, 2.05) is 72.8 Å². The maximum absolute atomic E-state index is 12.6. The molecule has 3 rings (SSSR count). The van der Waals surface area contributed by atoms with E-state index in [0.29, 0.717) is 5.56 Å². The number of hydrogen-bond donors (Lipinski definition) is 1. The van der Waals surface area contributed by atoms with E-state index in [0.717, 1.165) is 22.1 Å². The van der Waals surface area contributed by atoms with Crippen LogP contribution in [0.25, 0.3) is 0 Å². The summed E-state index contributed by atoms with van der Waals surface area (Å²) >= 11 is 7.73. The molecule has 0 spiro atoms. The largest absolute Gasteiger partial charge is 0.344 e. The van der Waals surface area contributed by atoms with Crippen molar-refractivity contribution in [3.05, 3.63) is 107 Å². The van der Waals surface area contributed by atoms with Crippen LogP contribution in [-0.2, 0) is 5.75 Å². The first-order valence-electron chi connectivity index (χ1n) is 8.45. The van der Waals surface area contributed by atoms with Crippen LogP contribution in [0, 0.1) is 0 Å². The predicted octanol–water partition coefficient (Wildman–Crippen LogP) is 5.74. The van der Waals surface area contributed by atoms with Gasteiger partial charge in [-0.05, 0) is 35.4 Å². The summed E-state index contributed by atoms with van der Waals surface area (Å²) in [5.74, 6) is 1.62. The predicted molar refractivity (Wildman–Crippen MR) is 111 cm³/mol. The van der Waals surface area contributed by atoms with Crippen LogP contribution in [0.1, 0.15) is 27.5 Å². The highest BCUT2D eigenvalue weighted by Gasteiger charge is 2.15. The van der Waals surface area contributed by atoms with Crippen molar-refractivity contribution in [1.29, 1.82) is 0 Å². The molecule has 0 bridgehead atoms. The lowest BCUT2D eigenvalue weighted by Crippen LogP contribution is -2.30. The van der Waals surface area contributed by atoms with Crippen molar-refractivity contribution >= 4 is 29.3 Å². The highest BCUT2D eigenvalue weighted by Crippen LogP contribution is 2.22. The molecule has 0 aliphatic carbocycles. The minimum atomic E-state index is -0.0495. The van der Waals surface area contributed by atoms with E-state index in [1.54, 1.807) is 11.8 Å². The Balaban J connectivity index is 1.65. The second kappa shape index (κ2) is 9.46. The van der Waals surface area contributed by atoms with Gasteiger partial charge in [-0.3, -0.25) is 4.79 Å². The average molecular weight is 382 g/mol. The third kappa shape index (κ3) is 5.38. The lowest BCUT2D eigenvalue weighted by Gasteiger charge is -2.19. The van der Waals surface area contributed by atoms with Gasteiger partial charge >= 0.3 is 0 Å².